The predicted molar refractivity (Wildman–Crippen MR) is 124 cm³/mol. The molecule has 0 bridgehead atoms. The van der Waals surface area contributed by atoms with E-state index in [9.17, 15) is 23.2 Å². The summed E-state index contributed by atoms with van der Waals surface area (Å²) in [5, 5.41) is 1.33. The number of halogens is 3. The second-order valence-corrected chi connectivity index (χ2v) is 9.05. The highest BCUT2D eigenvalue weighted by atomic mass is 19.3. The second kappa shape index (κ2) is 11.3. The number of urea groups is 1. The van der Waals surface area contributed by atoms with E-state index in [1.165, 1.54) is 16.0 Å². The minimum absolute atomic E-state index is 0.0247. The number of benzene rings is 1. The van der Waals surface area contributed by atoms with Crippen LogP contribution in [0.15, 0.2) is 18.2 Å². The molecule has 36 heavy (non-hydrogen) atoms. The Morgan fingerprint density at radius 3 is 2.53 bits per heavy atom. The van der Waals surface area contributed by atoms with Crippen LogP contribution in [0.5, 0.6) is 0 Å². The fraction of sp³-hybridized carbons (Fsp3) is 0.609. The molecule has 0 N–H and O–H groups in total. The standard InChI is InChI=1S/C23H30F3N5O5/c1-27-6-8-29(9-7-27)22(33)31-11-10-28(12-13-35-31)19-4-2-16(14-18(19)24)30-15-17(36-23(30)34)3-5-20(32)21(25)26/h2,4,14,17,21H,3,5-13,15H2,1H3/t17-/m0/s1. The SMILES string of the molecule is CN1CCN(C(=O)N2CCN(c3ccc(N4C[C@H](CCC(=O)C(F)F)OC4=O)cc3F)CCO2)CC1. The number of ether oxygens (including phenoxy) is 1. The van der Waals surface area contributed by atoms with Gasteiger partial charge in [0.25, 0.3) is 6.43 Å². The summed E-state index contributed by atoms with van der Waals surface area (Å²) in [6.45, 7) is 4.08. The van der Waals surface area contributed by atoms with Gasteiger partial charge in [-0.05, 0) is 31.7 Å². The molecule has 3 aliphatic heterocycles. The van der Waals surface area contributed by atoms with Crippen molar-refractivity contribution in [1.29, 1.82) is 0 Å². The Morgan fingerprint density at radius 1 is 1.08 bits per heavy atom. The van der Waals surface area contributed by atoms with Gasteiger partial charge < -0.3 is 19.4 Å². The first-order valence-corrected chi connectivity index (χ1v) is 11.9. The summed E-state index contributed by atoms with van der Waals surface area (Å²) in [4.78, 5) is 48.7. The largest absolute Gasteiger partial charge is 0.444 e. The van der Waals surface area contributed by atoms with E-state index >= 15 is 4.39 Å². The Balaban J connectivity index is 1.34. The maximum absolute atomic E-state index is 15.1. The minimum atomic E-state index is -3.05. The average molecular weight is 514 g/mol. The fourth-order valence-electron chi connectivity index (χ4n) is 4.41. The molecule has 198 valence electrons. The molecule has 10 nitrogen and oxygen atoms in total. The van der Waals surface area contributed by atoms with Crippen molar-refractivity contribution in [3.05, 3.63) is 24.0 Å². The molecule has 4 rings (SSSR count). The number of hydrogen-bond donors (Lipinski definition) is 0. The number of hydrogen-bond acceptors (Lipinski definition) is 7. The second-order valence-electron chi connectivity index (χ2n) is 9.05. The molecule has 3 heterocycles. The molecule has 0 radical (unpaired) electrons. The average Bonchev–Trinajstić information content (AvgIpc) is 3.06. The number of nitrogens with zero attached hydrogens (tertiary/aromatic N) is 5. The molecule has 0 spiro atoms. The van der Waals surface area contributed by atoms with Crippen molar-refractivity contribution in [2.45, 2.75) is 25.4 Å². The Bertz CT molecular complexity index is 975. The highest BCUT2D eigenvalue weighted by Gasteiger charge is 2.34. The maximum atomic E-state index is 15.1. The van der Waals surface area contributed by atoms with Crippen molar-refractivity contribution in [1.82, 2.24) is 14.9 Å². The molecular weight excluding hydrogens is 483 g/mol. The van der Waals surface area contributed by atoms with Crippen LogP contribution in [0.25, 0.3) is 0 Å². The normalized spacial score (nSPS) is 21.7. The molecule has 0 saturated carbocycles. The molecule has 3 amide bonds. The monoisotopic (exact) mass is 513 g/mol. The highest BCUT2D eigenvalue weighted by Crippen LogP contribution is 2.29. The molecular formula is C23H30F3N5O5. The number of alkyl halides is 2. The van der Waals surface area contributed by atoms with E-state index in [0.29, 0.717) is 31.9 Å². The van der Waals surface area contributed by atoms with Crippen molar-refractivity contribution in [2.24, 2.45) is 0 Å². The number of piperazine rings is 1. The molecule has 1 aromatic carbocycles. The van der Waals surface area contributed by atoms with Crippen molar-refractivity contribution < 1.29 is 37.1 Å². The van der Waals surface area contributed by atoms with E-state index in [2.05, 4.69) is 4.90 Å². The Kier molecular flexibility index (Phi) is 8.19. The molecule has 0 aromatic heterocycles. The van der Waals surface area contributed by atoms with Gasteiger partial charge in [0.2, 0.25) is 0 Å². The first-order valence-electron chi connectivity index (χ1n) is 11.9. The maximum Gasteiger partial charge on any atom is 0.414 e. The van der Waals surface area contributed by atoms with Crippen molar-refractivity contribution >= 4 is 29.3 Å². The summed E-state index contributed by atoms with van der Waals surface area (Å²) in [6.07, 6.45) is -4.93. The number of amides is 3. The van der Waals surface area contributed by atoms with E-state index in [-0.39, 0.29) is 37.8 Å². The van der Waals surface area contributed by atoms with Crippen LogP contribution in [-0.2, 0) is 14.4 Å². The van der Waals surface area contributed by atoms with Crippen LogP contribution in [0, 0.1) is 5.82 Å². The number of carbonyl (C=O) groups is 3. The van der Waals surface area contributed by atoms with Crippen LogP contribution in [0.1, 0.15) is 12.8 Å². The smallest absolute Gasteiger partial charge is 0.414 e. The van der Waals surface area contributed by atoms with Crippen LogP contribution in [0.4, 0.5) is 34.1 Å². The topological polar surface area (TPSA) is 85.9 Å². The lowest BCUT2D eigenvalue weighted by molar-refractivity contribution is -0.129. The van der Waals surface area contributed by atoms with Gasteiger partial charge in [0, 0.05) is 45.7 Å². The third kappa shape index (κ3) is 6.01. The molecule has 1 atom stereocenters. The van der Waals surface area contributed by atoms with Crippen LogP contribution >= 0.6 is 0 Å². The highest BCUT2D eigenvalue weighted by molar-refractivity contribution is 5.90. The van der Waals surface area contributed by atoms with Crippen molar-refractivity contribution in [3.8, 4) is 0 Å². The Hall–Kier alpha value is -3.06. The van der Waals surface area contributed by atoms with E-state index in [0.717, 1.165) is 13.1 Å². The number of hydroxylamine groups is 2. The lowest BCUT2D eigenvalue weighted by atomic mass is 10.1. The molecule has 0 unspecified atom stereocenters. The number of rotatable bonds is 6. The van der Waals surface area contributed by atoms with Crippen molar-refractivity contribution in [3.63, 3.8) is 0 Å². The first-order chi connectivity index (χ1) is 17.2. The lowest BCUT2D eigenvalue weighted by Gasteiger charge is -2.35. The summed E-state index contributed by atoms with van der Waals surface area (Å²) in [6, 6.07) is 4.13. The molecule has 3 aliphatic rings. The number of Topliss-reactive ketones (excluding diaryl/α,β-unsaturated/α-hetero) is 1. The third-order valence-corrected chi connectivity index (χ3v) is 6.58. The molecule has 3 fully saturated rings. The molecule has 13 heteroatoms. The summed E-state index contributed by atoms with van der Waals surface area (Å²) in [7, 11) is 2.01. The van der Waals surface area contributed by atoms with Gasteiger partial charge in [0.05, 0.1) is 31.1 Å². The van der Waals surface area contributed by atoms with E-state index in [1.807, 2.05) is 7.05 Å². The Labute approximate surface area is 207 Å². The zero-order valence-electron chi connectivity index (χ0n) is 20.1. The predicted octanol–water partition coefficient (Wildman–Crippen LogP) is 2.19. The summed E-state index contributed by atoms with van der Waals surface area (Å²) < 4.78 is 45.0. The van der Waals surface area contributed by atoms with Gasteiger partial charge in [-0.15, -0.1) is 0 Å². The Morgan fingerprint density at radius 2 is 1.83 bits per heavy atom. The van der Waals surface area contributed by atoms with Gasteiger partial charge in [-0.3, -0.25) is 14.5 Å². The minimum Gasteiger partial charge on any atom is -0.444 e. The zero-order valence-corrected chi connectivity index (χ0v) is 20.1. The first kappa shape index (κ1) is 26.0. The fourth-order valence-corrected chi connectivity index (χ4v) is 4.41. The summed E-state index contributed by atoms with van der Waals surface area (Å²) in [5.41, 5.74) is 0.574. The quantitative estimate of drug-likeness (QED) is 0.577. The lowest BCUT2D eigenvalue weighted by Crippen LogP contribution is -2.52. The number of carbonyl (C=O) groups excluding carboxylic acids is 3. The van der Waals surface area contributed by atoms with Gasteiger partial charge >= 0.3 is 12.1 Å². The number of likely N-dealkylation sites (N-methyl/N-ethyl adjacent to an activating group) is 1. The summed E-state index contributed by atoms with van der Waals surface area (Å²) in [5.74, 6) is -1.76. The number of anilines is 2. The van der Waals surface area contributed by atoms with E-state index in [4.69, 9.17) is 9.57 Å². The van der Waals surface area contributed by atoms with Crippen molar-refractivity contribution in [2.75, 3.05) is 75.8 Å². The number of cyclic esters (lactones) is 1. The van der Waals surface area contributed by atoms with Gasteiger partial charge in [-0.1, -0.05) is 0 Å². The zero-order chi connectivity index (χ0) is 25.8. The van der Waals surface area contributed by atoms with Crippen LogP contribution < -0.4 is 9.80 Å². The molecule has 0 aliphatic carbocycles. The van der Waals surface area contributed by atoms with Gasteiger partial charge in [-0.2, -0.15) is 0 Å². The number of ketones is 1. The van der Waals surface area contributed by atoms with Gasteiger partial charge in [0.15, 0.2) is 5.78 Å². The van der Waals surface area contributed by atoms with E-state index < -0.39 is 36.6 Å². The summed E-state index contributed by atoms with van der Waals surface area (Å²) >= 11 is 0. The molecule has 1 aromatic rings. The van der Waals surface area contributed by atoms with Crippen LogP contribution in [-0.4, -0.2) is 111 Å². The van der Waals surface area contributed by atoms with E-state index in [1.54, 1.807) is 21.9 Å². The van der Waals surface area contributed by atoms with Crippen LogP contribution in [0.3, 0.4) is 0 Å². The molecule has 3 saturated heterocycles. The third-order valence-electron chi connectivity index (χ3n) is 6.58. The van der Waals surface area contributed by atoms with Gasteiger partial charge in [0.1, 0.15) is 11.9 Å². The van der Waals surface area contributed by atoms with Gasteiger partial charge in [-0.25, -0.2) is 27.8 Å². The van der Waals surface area contributed by atoms with Crippen LogP contribution in [0.2, 0.25) is 0 Å².